The first-order chi connectivity index (χ1) is 7.92. The van der Waals surface area contributed by atoms with Crippen molar-refractivity contribution in [1.82, 2.24) is 5.32 Å². The molecule has 2 rings (SSSR count). The Balaban J connectivity index is 2.00. The molecule has 0 spiro atoms. The number of allylic oxidation sites excluding steroid dienone is 1. The zero-order chi connectivity index (χ0) is 11.2. The van der Waals surface area contributed by atoms with Gasteiger partial charge in [0.2, 0.25) is 0 Å². The molecular weight excluding hydrogens is 202 g/mol. The average molecular weight is 223 g/mol. The van der Waals surface area contributed by atoms with Crippen LogP contribution in [0.5, 0.6) is 0 Å². The minimum absolute atomic E-state index is 0.260. The van der Waals surface area contributed by atoms with Gasteiger partial charge in [-0.2, -0.15) is 0 Å². The van der Waals surface area contributed by atoms with E-state index < -0.39 is 0 Å². The summed E-state index contributed by atoms with van der Waals surface area (Å²) in [5.74, 6) is 0. The summed E-state index contributed by atoms with van der Waals surface area (Å²) in [7, 11) is 0. The fourth-order valence-electron chi connectivity index (χ4n) is 2.32. The van der Waals surface area contributed by atoms with Gasteiger partial charge in [-0.1, -0.05) is 6.08 Å². The molecule has 4 nitrogen and oxygen atoms in total. The number of nitrogens with one attached hydrogen (secondary N) is 1. The van der Waals surface area contributed by atoms with Crippen LogP contribution in [0.4, 0.5) is 0 Å². The van der Waals surface area contributed by atoms with Gasteiger partial charge >= 0.3 is 0 Å². The minimum atomic E-state index is 0.260. The molecule has 3 N–H and O–H groups in total. The molecule has 0 saturated carbocycles. The van der Waals surface area contributed by atoms with Crippen molar-refractivity contribution in [2.45, 2.75) is 37.8 Å². The lowest BCUT2D eigenvalue weighted by Crippen LogP contribution is -2.47. The summed E-state index contributed by atoms with van der Waals surface area (Å²) in [6, 6.07) is 0.260. The lowest BCUT2D eigenvalue weighted by molar-refractivity contribution is 0.0960. The molecule has 0 bridgehead atoms. The van der Waals surface area contributed by atoms with E-state index >= 15 is 0 Å². The molecule has 1 unspecified atom stereocenters. The maximum atomic E-state index is 5.76. The fourth-order valence-corrected chi connectivity index (χ4v) is 2.32. The van der Waals surface area contributed by atoms with Gasteiger partial charge in [0, 0.05) is 31.6 Å². The molecule has 0 aromatic carbocycles. The van der Waals surface area contributed by atoms with E-state index in [1.165, 1.54) is 5.71 Å². The Kier molecular flexibility index (Phi) is 4.51. The van der Waals surface area contributed by atoms with Gasteiger partial charge in [0.1, 0.15) is 0 Å². The van der Waals surface area contributed by atoms with Crippen molar-refractivity contribution in [2.24, 2.45) is 10.7 Å². The van der Waals surface area contributed by atoms with Crippen molar-refractivity contribution in [1.29, 1.82) is 0 Å². The van der Waals surface area contributed by atoms with Gasteiger partial charge in [-0.05, 0) is 25.7 Å². The standard InChI is InChI=1S/C12H21N3O/c13-6-8-15-12(11-5-3-9-16-11)10-4-1-2-7-14-10/h2,7,11-12,15H,1,3-6,8-9,13H2/t11-,12?/m1/s1. The topological polar surface area (TPSA) is 59.6 Å². The van der Waals surface area contributed by atoms with Crippen molar-refractivity contribution in [3.05, 3.63) is 12.3 Å². The molecular formula is C12H21N3O. The molecule has 0 aromatic heterocycles. The monoisotopic (exact) mass is 223 g/mol. The smallest absolute Gasteiger partial charge is 0.0782 e. The van der Waals surface area contributed by atoms with Crippen LogP contribution in [0.15, 0.2) is 17.3 Å². The number of rotatable bonds is 5. The summed E-state index contributed by atoms with van der Waals surface area (Å²) in [6.45, 7) is 2.37. The van der Waals surface area contributed by atoms with E-state index in [9.17, 15) is 0 Å². The van der Waals surface area contributed by atoms with E-state index in [1.54, 1.807) is 0 Å². The molecule has 2 aliphatic rings. The predicted molar refractivity (Wildman–Crippen MR) is 65.6 cm³/mol. The highest BCUT2D eigenvalue weighted by Crippen LogP contribution is 2.19. The average Bonchev–Trinajstić information content (AvgIpc) is 2.85. The van der Waals surface area contributed by atoms with E-state index in [4.69, 9.17) is 10.5 Å². The summed E-state index contributed by atoms with van der Waals surface area (Å²) in [5, 5.41) is 3.47. The van der Waals surface area contributed by atoms with E-state index in [1.807, 2.05) is 6.20 Å². The Bertz CT molecular complexity index is 269. The lowest BCUT2D eigenvalue weighted by atomic mass is 9.98. The second-order valence-corrected chi connectivity index (χ2v) is 4.32. The third-order valence-corrected chi connectivity index (χ3v) is 3.12. The molecule has 0 aliphatic carbocycles. The first-order valence-corrected chi connectivity index (χ1v) is 6.18. The summed E-state index contributed by atoms with van der Waals surface area (Å²) in [6.07, 6.45) is 8.73. The molecule has 2 aliphatic heterocycles. The molecule has 16 heavy (non-hydrogen) atoms. The van der Waals surface area contributed by atoms with Crippen molar-refractivity contribution >= 4 is 5.71 Å². The van der Waals surface area contributed by atoms with Gasteiger partial charge in [0.15, 0.2) is 0 Å². The molecule has 2 atom stereocenters. The van der Waals surface area contributed by atoms with Crippen molar-refractivity contribution in [3.63, 3.8) is 0 Å². The fraction of sp³-hybridized carbons (Fsp3) is 0.750. The lowest BCUT2D eigenvalue weighted by Gasteiger charge is -2.26. The molecule has 0 radical (unpaired) electrons. The number of nitrogens with zero attached hydrogens (tertiary/aromatic N) is 1. The highest BCUT2D eigenvalue weighted by atomic mass is 16.5. The molecule has 1 fully saturated rings. The van der Waals surface area contributed by atoms with Crippen molar-refractivity contribution < 1.29 is 4.74 Å². The number of nitrogens with two attached hydrogens (primary N) is 1. The van der Waals surface area contributed by atoms with Crippen LogP contribution in [0, 0.1) is 0 Å². The number of hydrogen-bond donors (Lipinski definition) is 2. The van der Waals surface area contributed by atoms with Crippen LogP contribution in [0.1, 0.15) is 25.7 Å². The van der Waals surface area contributed by atoms with Gasteiger partial charge in [0.05, 0.1) is 12.1 Å². The van der Waals surface area contributed by atoms with E-state index in [2.05, 4.69) is 16.4 Å². The molecule has 1 saturated heterocycles. The number of hydrogen-bond acceptors (Lipinski definition) is 4. The van der Waals surface area contributed by atoms with Crippen LogP contribution in [0.25, 0.3) is 0 Å². The maximum Gasteiger partial charge on any atom is 0.0782 e. The van der Waals surface area contributed by atoms with Crippen LogP contribution in [0.2, 0.25) is 0 Å². The first kappa shape index (κ1) is 11.8. The second kappa shape index (κ2) is 6.13. The van der Waals surface area contributed by atoms with Crippen LogP contribution in [-0.2, 0) is 4.74 Å². The molecule has 4 heteroatoms. The molecule has 0 amide bonds. The maximum absolute atomic E-state index is 5.76. The summed E-state index contributed by atoms with van der Waals surface area (Å²) in [5.41, 5.74) is 6.77. The Morgan fingerprint density at radius 1 is 1.62 bits per heavy atom. The second-order valence-electron chi connectivity index (χ2n) is 4.32. The largest absolute Gasteiger partial charge is 0.376 e. The van der Waals surface area contributed by atoms with Crippen molar-refractivity contribution in [2.75, 3.05) is 19.7 Å². The molecule has 2 heterocycles. The van der Waals surface area contributed by atoms with E-state index in [0.29, 0.717) is 6.54 Å². The third kappa shape index (κ3) is 2.90. The first-order valence-electron chi connectivity index (χ1n) is 6.18. The number of ether oxygens (including phenoxy) is 1. The summed E-state index contributed by atoms with van der Waals surface area (Å²) in [4.78, 5) is 4.48. The van der Waals surface area contributed by atoms with Crippen LogP contribution in [0.3, 0.4) is 0 Å². The van der Waals surface area contributed by atoms with Gasteiger partial charge in [-0.15, -0.1) is 0 Å². The zero-order valence-electron chi connectivity index (χ0n) is 9.69. The highest BCUT2D eigenvalue weighted by Gasteiger charge is 2.29. The third-order valence-electron chi connectivity index (χ3n) is 3.12. The van der Waals surface area contributed by atoms with Crippen LogP contribution < -0.4 is 11.1 Å². The normalized spacial score (nSPS) is 26.8. The van der Waals surface area contributed by atoms with E-state index in [0.717, 1.165) is 38.8 Å². The van der Waals surface area contributed by atoms with Crippen LogP contribution >= 0.6 is 0 Å². The van der Waals surface area contributed by atoms with E-state index in [-0.39, 0.29) is 12.1 Å². The molecule has 90 valence electrons. The van der Waals surface area contributed by atoms with Crippen LogP contribution in [-0.4, -0.2) is 37.6 Å². The number of aliphatic imine (C=N–C) groups is 1. The predicted octanol–water partition coefficient (Wildman–Crippen LogP) is 0.831. The Labute approximate surface area is 97.0 Å². The van der Waals surface area contributed by atoms with Gasteiger partial charge < -0.3 is 15.8 Å². The Morgan fingerprint density at radius 3 is 3.19 bits per heavy atom. The van der Waals surface area contributed by atoms with Gasteiger partial charge in [-0.3, -0.25) is 4.99 Å². The SMILES string of the molecule is NCCNC(C1=NC=CCC1)[C@H]1CCCO1. The minimum Gasteiger partial charge on any atom is -0.376 e. The quantitative estimate of drug-likeness (QED) is 0.726. The summed E-state index contributed by atoms with van der Waals surface area (Å²) >= 11 is 0. The Morgan fingerprint density at radius 2 is 2.56 bits per heavy atom. The van der Waals surface area contributed by atoms with Gasteiger partial charge in [0.25, 0.3) is 0 Å². The zero-order valence-corrected chi connectivity index (χ0v) is 9.69. The Hall–Kier alpha value is -0.710. The summed E-state index contributed by atoms with van der Waals surface area (Å²) < 4.78 is 5.76. The highest BCUT2D eigenvalue weighted by molar-refractivity contribution is 5.91. The van der Waals surface area contributed by atoms with Gasteiger partial charge in [-0.25, -0.2) is 0 Å². The van der Waals surface area contributed by atoms with Crippen molar-refractivity contribution in [3.8, 4) is 0 Å². The molecule has 0 aromatic rings.